The lowest BCUT2D eigenvalue weighted by molar-refractivity contribution is -0.131. The Bertz CT molecular complexity index is 180. The van der Waals surface area contributed by atoms with Crippen LogP contribution in [-0.4, -0.2) is 14.4 Å². The zero-order valence-corrected chi connectivity index (χ0v) is 6.89. The van der Waals surface area contributed by atoms with Gasteiger partial charge in [-0.25, -0.2) is 0 Å². The van der Waals surface area contributed by atoms with E-state index >= 15 is 0 Å². The third-order valence-corrected chi connectivity index (χ3v) is 1.19. The molecule has 0 aliphatic rings. The molecular weight excluding hydrogens is 247 g/mol. The first-order valence-corrected chi connectivity index (χ1v) is 5.51. The normalized spacial score (nSPS) is 10.8. The van der Waals surface area contributed by atoms with Gasteiger partial charge in [0.15, 0.2) is 0 Å². The van der Waals surface area contributed by atoms with E-state index in [2.05, 4.69) is 4.18 Å². The Hall–Kier alpha value is 0.150. The van der Waals surface area contributed by atoms with Crippen LogP contribution in [0.25, 0.3) is 0 Å². The number of halogens is 1. The van der Waals surface area contributed by atoms with Gasteiger partial charge in [-0.2, -0.15) is 8.42 Å². The highest BCUT2D eigenvalue weighted by molar-refractivity contribution is 14.2. The van der Waals surface area contributed by atoms with E-state index < -0.39 is 13.3 Å². The largest absolute Gasteiger partial charge is 0.366 e. The van der Waals surface area contributed by atoms with Crippen LogP contribution < -0.4 is 0 Å². The van der Waals surface area contributed by atoms with Crippen LogP contribution in [-0.2, 0) is 16.3 Å². The van der Waals surface area contributed by atoms with E-state index in [-0.39, 0.29) is 0 Å². The molecular formula is C2H3IO4S. The lowest BCUT2D eigenvalue weighted by Gasteiger charge is -1.90. The lowest BCUT2D eigenvalue weighted by atomic mass is 10.9. The highest BCUT2D eigenvalue weighted by Gasteiger charge is 2.05. The van der Waals surface area contributed by atoms with Gasteiger partial charge in [0.05, 0.1) is 0 Å². The smallest absolute Gasteiger partial charge is 0.339 e. The van der Waals surface area contributed by atoms with Gasteiger partial charge in [0.1, 0.15) is 21.2 Å². The van der Waals surface area contributed by atoms with Crippen LogP contribution in [0.1, 0.15) is 6.92 Å². The molecule has 0 heterocycles. The number of rotatable bonds is 1. The third-order valence-electron chi connectivity index (χ3n) is 0.217. The zero-order chi connectivity index (χ0) is 6.78. The van der Waals surface area contributed by atoms with Crippen molar-refractivity contribution in [3.63, 3.8) is 0 Å². The minimum absolute atomic E-state index is 0.820. The molecule has 0 aromatic rings. The zero-order valence-electron chi connectivity index (χ0n) is 3.92. The van der Waals surface area contributed by atoms with Gasteiger partial charge in [-0.1, -0.05) is 0 Å². The van der Waals surface area contributed by atoms with Crippen LogP contribution in [0.3, 0.4) is 0 Å². The second-order valence-corrected chi connectivity index (χ2v) is 5.16. The van der Waals surface area contributed by atoms with Crippen molar-refractivity contribution in [1.29, 1.82) is 0 Å². The highest BCUT2D eigenvalue weighted by atomic mass is 127. The summed E-state index contributed by atoms with van der Waals surface area (Å²) < 4.78 is 23.7. The molecule has 0 saturated heterocycles. The fourth-order valence-electron chi connectivity index (χ4n) is 0.140. The molecule has 0 unspecified atom stereocenters. The van der Waals surface area contributed by atoms with Gasteiger partial charge in [0.25, 0.3) is 0 Å². The molecule has 8 heavy (non-hydrogen) atoms. The summed E-state index contributed by atoms with van der Waals surface area (Å²) in [5.74, 6) is -0.820. The van der Waals surface area contributed by atoms with Crippen LogP contribution in [0.2, 0.25) is 0 Å². The average molecular weight is 250 g/mol. The summed E-state index contributed by atoms with van der Waals surface area (Å²) in [5.41, 5.74) is 0. The van der Waals surface area contributed by atoms with Gasteiger partial charge in [-0.05, 0) is 0 Å². The summed E-state index contributed by atoms with van der Waals surface area (Å²) in [6.07, 6.45) is 0. The SMILES string of the molecule is CC(=O)OS(=O)(=O)I. The topological polar surface area (TPSA) is 60.4 Å². The predicted octanol–water partition coefficient (Wildman–Crippen LogP) is 0.229. The third kappa shape index (κ3) is 6.15. The molecule has 0 aromatic heterocycles. The molecule has 0 spiro atoms. The van der Waals surface area contributed by atoms with E-state index in [4.69, 9.17) is 0 Å². The van der Waals surface area contributed by atoms with Crippen LogP contribution >= 0.6 is 21.2 Å². The number of hydrogen-bond donors (Lipinski definition) is 0. The van der Waals surface area contributed by atoms with E-state index in [9.17, 15) is 13.2 Å². The van der Waals surface area contributed by atoms with Crippen molar-refractivity contribution in [1.82, 2.24) is 0 Å². The average Bonchev–Trinajstić information content (AvgIpc) is 1.21. The van der Waals surface area contributed by atoms with Gasteiger partial charge in [0, 0.05) is 6.92 Å². The second kappa shape index (κ2) is 2.62. The van der Waals surface area contributed by atoms with E-state index in [1.54, 1.807) is 0 Å². The molecule has 0 saturated carbocycles. The lowest BCUT2D eigenvalue weighted by Crippen LogP contribution is -2.01. The summed E-state index contributed by atoms with van der Waals surface area (Å²) in [5, 5.41) is 0. The van der Waals surface area contributed by atoms with Crippen LogP contribution in [0, 0.1) is 0 Å². The molecule has 0 atom stereocenters. The Morgan fingerprint density at radius 1 is 1.62 bits per heavy atom. The summed E-state index contributed by atoms with van der Waals surface area (Å²) in [7, 11) is -3.60. The Labute approximate surface area is 58.9 Å². The van der Waals surface area contributed by atoms with E-state index in [0.717, 1.165) is 28.1 Å². The molecule has 0 bridgehead atoms. The van der Waals surface area contributed by atoms with Crippen LogP contribution in [0.15, 0.2) is 0 Å². The van der Waals surface area contributed by atoms with Crippen LogP contribution in [0.4, 0.5) is 0 Å². The Morgan fingerprint density at radius 3 is 2.00 bits per heavy atom. The van der Waals surface area contributed by atoms with Crippen molar-refractivity contribution in [2.45, 2.75) is 6.92 Å². The fraction of sp³-hybridized carbons (Fsp3) is 0.500. The van der Waals surface area contributed by atoms with Crippen molar-refractivity contribution >= 4 is 34.5 Å². The maximum atomic E-state index is 9.99. The molecule has 0 radical (unpaired) electrons. The summed E-state index contributed by atoms with van der Waals surface area (Å²) >= 11 is 1.02. The molecule has 0 aliphatic carbocycles. The van der Waals surface area contributed by atoms with E-state index in [1.807, 2.05) is 0 Å². The van der Waals surface area contributed by atoms with Gasteiger partial charge >= 0.3 is 13.3 Å². The van der Waals surface area contributed by atoms with Crippen molar-refractivity contribution in [2.75, 3.05) is 0 Å². The summed E-state index contributed by atoms with van der Waals surface area (Å²) in [6.45, 7) is 1.02. The molecule has 0 aliphatic heterocycles. The van der Waals surface area contributed by atoms with Gasteiger partial charge < -0.3 is 4.18 Å². The van der Waals surface area contributed by atoms with Gasteiger partial charge in [-0.15, -0.1) is 0 Å². The van der Waals surface area contributed by atoms with Crippen LogP contribution in [0.5, 0.6) is 0 Å². The molecule has 0 rings (SSSR count). The Kier molecular flexibility index (Phi) is 2.67. The first kappa shape index (κ1) is 8.15. The second-order valence-electron chi connectivity index (χ2n) is 0.968. The first-order chi connectivity index (χ1) is 3.42. The minimum Gasteiger partial charge on any atom is -0.339 e. The summed E-state index contributed by atoms with van der Waals surface area (Å²) in [4.78, 5) is 9.85. The maximum absolute atomic E-state index is 9.99. The Balaban J connectivity index is 3.95. The predicted molar refractivity (Wildman–Crippen MR) is 34.7 cm³/mol. The monoisotopic (exact) mass is 250 g/mol. The van der Waals surface area contributed by atoms with Crippen molar-refractivity contribution in [3.05, 3.63) is 0 Å². The van der Waals surface area contributed by atoms with Crippen molar-refractivity contribution in [3.8, 4) is 0 Å². The molecule has 0 amide bonds. The summed E-state index contributed by atoms with van der Waals surface area (Å²) in [6, 6.07) is 0. The van der Waals surface area contributed by atoms with E-state index in [1.165, 1.54) is 0 Å². The van der Waals surface area contributed by atoms with Crippen molar-refractivity contribution in [2.24, 2.45) is 0 Å². The quantitative estimate of drug-likeness (QED) is 0.493. The molecule has 0 fully saturated rings. The van der Waals surface area contributed by atoms with Crippen molar-refractivity contribution < 1.29 is 17.4 Å². The molecule has 4 nitrogen and oxygen atoms in total. The van der Waals surface area contributed by atoms with Gasteiger partial charge in [0.2, 0.25) is 0 Å². The number of carbonyl (C=O) groups is 1. The molecule has 0 N–H and O–H groups in total. The minimum atomic E-state index is -3.60. The molecule has 6 heteroatoms. The maximum Gasteiger partial charge on any atom is 0.366 e. The standard InChI is InChI=1S/C2H3IO4S/c1-2(4)7-8(3,5)6/h1H3. The molecule has 0 aromatic carbocycles. The fourth-order valence-corrected chi connectivity index (χ4v) is 1.18. The highest BCUT2D eigenvalue weighted by Crippen LogP contribution is 2.02. The van der Waals surface area contributed by atoms with Gasteiger partial charge in [-0.3, -0.25) is 4.79 Å². The van der Waals surface area contributed by atoms with E-state index in [0.29, 0.717) is 0 Å². The number of carbonyl (C=O) groups excluding carboxylic acids is 1. The first-order valence-electron chi connectivity index (χ1n) is 1.56. The Morgan fingerprint density at radius 2 is 2.00 bits per heavy atom. The molecule has 48 valence electrons. The number of hydrogen-bond acceptors (Lipinski definition) is 4.